The van der Waals surface area contributed by atoms with E-state index in [-0.39, 0.29) is 6.03 Å². The van der Waals surface area contributed by atoms with Crippen molar-refractivity contribution in [1.29, 1.82) is 0 Å². The van der Waals surface area contributed by atoms with E-state index in [0.29, 0.717) is 39.4 Å². The Morgan fingerprint density at radius 2 is 2.15 bits per heavy atom. The molecule has 2 amide bonds. The number of anilines is 1. The van der Waals surface area contributed by atoms with Gasteiger partial charge in [0.15, 0.2) is 0 Å². The lowest BCUT2D eigenvalue weighted by Crippen LogP contribution is -2.48. The molecule has 20 heavy (non-hydrogen) atoms. The van der Waals surface area contributed by atoms with Gasteiger partial charge in [0, 0.05) is 25.3 Å². The van der Waals surface area contributed by atoms with E-state index < -0.39 is 0 Å². The minimum absolute atomic E-state index is 0.0485. The van der Waals surface area contributed by atoms with Crippen LogP contribution in [0.4, 0.5) is 10.5 Å². The van der Waals surface area contributed by atoms with E-state index in [9.17, 15) is 4.79 Å². The van der Waals surface area contributed by atoms with E-state index in [1.54, 1.807) is 0 Å². The molecule has 1 aliphatic rings. The number of amides is 2. The summed E-state index contributed by atoms with van der Waals surface area (Å²) in [6.07, 6.45) is 0.796. The second-order valence-electron chi connectivity index (χ2n) is 5.01. The molecule has 0 aromatic heterocycles. The Morgan fingerprint density at radius 3 is 2.80 bits per heavy atom. The molecule has 0 radical (unpaired) electrons. The van der Waals surface area contributed by atoms with Gasteiger partial charge in [0.25, 0.3) is 0 Å². The lowest BCUT2D eigenvalue weighted by atomic mass is 10.2. The van der Waals surface area contributed by atoms with Crippen molar-refractivity contribution >= 4 is 11.7 Å². The Labute approximate surface area is 120 Å². The lowest BCUT2D eigenvalue weighted by Gasteiger charge is -2.33. The average molecular weight is 277 g/mol. The summed E-state index contributed by atoms with van der Waals surface area (Å²) in [6, 6.07) is 8.07. The third kappa shape index (κ3) is 3.71. The number of nitrogens with zero attached hydrogens (tertiary/aromatic N) is 2. The average Bonchev–Trinajstić information content (AvgIpc) is 2.48. The fraction of sp³-hybridized carbons (Fsp3) is 0.533. The van der Waals surface area contributed by atoms with Crippen molar-refractivity contribution in [1.82, 2.24) is 4.90 Å². The molecule has 0 bridgehead atoms. The van der Waals surface area contributed by atoms with E-state index >= 15 is 0 Å². The summed E-state index contributed by atoms with van der Waals surface area (Å²) in [6.45, 7) is 5.81. The number of carbonyl (C=O) groups excluding carboxylic acids is 1. The van der Waals surface area contributed by atoms with E-state index in [2.05, 4.69) is 0 Å². The molecule has 5 heteroatoms. The van der Waals surface area contributed by atoms with Gasteiger partial charge in [-0.1, -0.05) is 12.1 Å². The maximum Gasteiger partial charge on any atom is 0.324 e. The zero-order valence-electron chi connectivity index (χ0n) is 12.0. The highest BCUT2D eigenvalue weighted by Gasteiger charge is 2.23. The van der Waals surface area contributed by atoms with Crippen LogP contribution in [0.5, 0.6) is 0 Å². The molecule has 110 valence electrons. The van der Waals surface area contributed by atoms with Crippen LogP contribution >= 0.6 is 0 Å². The summed E-state index contributed by atoms with van der Waals surface area (Å²) < 4.78 is 5.30. The highest BCUT2D eigenvalue weighted by atomic mass is 16.5. The fourth-order valence-electron chi connectivity index (χ4n) is 2.31. The van der Waals surface area contributed by atoms with E-state index in [0.717, 1.165) is 17.7 Å². The molecule has 0 saturated carbocycles. The summed E-state index contributed by atoms with van der Waals surface area (Å²) >= 11 is 0. The molecule has 2 N–H and O–H groups in total. The Balaban J connectivity index is 2.15. The predicted molar refractivity (Wildman–Crippen MR) is 80.0 cm³/mol. The van der Waals surface area contributed by atoms with Crippen molar-refractivity contribution in [2.24, 2.45) is 5.73 Å². The molecule has 0 atom stereocenters. The molecule has 1 aromatic carbocycles. The number of hydrogen-bond acceptors (Lipinski definition) is 3. The molecule has 0 unspecified atom stereocenters. The fourth-order valence-corrected chi connectivity index (χ4v) is 2.31. The summed E-state index contributed by atoms with van der Waals surface area (Å²) in [5.41, 5.74) is 7.68. The number of benzene rings is 1. The maximum absolute atomic E-state index is 12.7. The largest absolute Gasteiger partial charge is 0.378 e. The van der Waals surface area contributed by atoms with Crippen LogP contribution in [0.25, 0.3) is 0 Å². The second-order valence-corrected chi connectivity index (χ2v) is 5.01. The molecule has 1 aromatic rings. The Bertz CT molecular complexity index is 444. The highest BCUT2D eigenvalue weighted by Crippen LogP contribution is 2.18. The first kappa shape index (κ1) is 14.8. The number of morpholine rings is 1. The van der Waals surface area contributed by atoms with Gasteiger partial charge in [-0.3, -0.25) is 4.90 Å². The number of carbonyl (C=O) groups is 1. The van der Waals surface area contributed by atoms with Crippen LogP contribution < -0.4 is 10.6 Å². The van der Waals surface area contributed by atoms with Gasteiger partial charge in [-0.05, 0) is 37.6 Å². The Kier molecular flexibility index (Phi) is 5.38. The number of rotatable bonds is 4. The molecule has 1 saturated heterocycles. The molecule has 2 rings (SSSR count). The van der Waals surface area contributed by atoms with Gasteiger partial charge < -0.3 is 15.4 Å². The number of aryl methyl sites for hydroxylation is 1. The summed E-state index contributed by atoms with van der Waals surface area (Å²) in [7, 11) is 0. The number of hydrogen-bond donors (Lipinski definition) is 1. The second kappa shape index (κ2) is 7.26. The molecule has 1 fully saturated rings. The molecule has 1 aliphatic heterocycles. The van der Waals surface area contributed by atoms with Crippen molar-refractivity contribution in [3.8, 4) is 0 Å². The molecule has 1 heterocycles. The van der Waals surface area contributed by atoms with Crippen molar-refractivity contribution in [3.05, 3.63) is 29.8 Å². The normalized spacial score (nSPS) is 15.2. The van der Waals surface area contributed by atoms with Gasteiger partial charge in [0.05, 0.1) is 13.2 Å². The van der Waals surface area contributed by atoms with Crippen LogP contribution in [-0.4, -0.2) is 50.3 Å². The number of urea groups is 1. The summed E-state index contributed by atoms with van der Waals surface area (Å²) in [5, 5.41) is 0. The third-order valence-electron chi connectivity index (χ3n) is 3.41. The van der Waals surface area contributed by atoms with Crippen LogP contribution in [0.3, 0.4) is 0 Å². The lowest BCUT2D eigenvalue weighted by molar-refractivity contribution is 0.0548. The Morgan fingerprint density at radius 1 is 1.40 bits per heavy atom. The molecular formula is C15H23N3O2. The zero-order valence-corrected chi connectivity index (χ0v) is 12.0. The highest BCUT2D eigenvalue weighted by molar-refractivity contribution is 5.92. The third-order valence-corrected chi connectivity index (χ3v) is 3.41. The van der Waals surface area contributed by atoms with Crippen molar-refractivity contribution in [2.45, 2.75) is 13.3 Å². The quantitative estimate of drug-likeness (QED) is 0.909. The summed E-state index contributed by atoms with van der Waals surface area (Å²) in [4.78, 5) is 16.3. The van der Waals surface area contributed by atoms with Crippen LogP contribution in [0, 0.1) is 6.92 Å². The van der Waals surface area contributed by atoms with E-state index in [4.69, 9.17) is 10.5 Å². The van der Waals surface area contributed by atoms with Gasteiger partial charge >= 0.3 is 6.03 Å². The first-order valence-electron chi connectivity index (χ1n) is 7.13. The SMILES string of the molecule is Cc1cccc(N(CCCN)C(=O)N2CCOCC2)c1. The molecule has 5 nitrogen and oxygen atoms in total. The molecule has 0 spiro atoms. The molecular weight excluding hydrogens is 254 g/mol. The molecule has 0 aliphatic carbocycles. The van der Waals surface area contributed by atoms with Crippen LogP contribution in [0.1, 0.15) is 12.0 Å². The monoisotopic (exact) mass is 277 g/mol. The number of ether oxygens (including phenoxy) is 1. The van der Waals surface area contributed by atoms with Crippen molar-refractivity contribution in [2.75, 3.05) is 44.3 Å². The van der Waals surface area contributed by atoms with Gasteiger partial charge in [-0.15, -0.1) is 0 Å². The smallest absolute Gasteiger partial charge is 0.324 e. The minimum Gasteiger partial charge on any atom is -0.378 e. The van der Waals surface area contributed by atoms with Gasteiger partial charge in [0.2, 0.25) is 0 Å². The standard InChI is InChI=1S/C15H23N3O2/c1-13-4-2-5-14(12-13)18(7-3-6-16)15(19)17-8-10-20-11-9-17/h2,4-5,12H,3,6-11,16H2,1H3. The first-order chi connectivity index (χ1) is 9.72. The van der Waals surface area contributed by atoms with E-state index in [1.165, 1.54) is 0 Å². The minimum atomic E-state index is 0.0485. The van der Waals surface area contributed by atoms with Gasteiger partial charge in [-0.25, -0.2) is 4.79 Å². The van der Waals surface area contributed by atoms with Gasteiger partial charge in [0.1, 0.15) is 0 Å². The number of nitrogens with two attached hydrogens (primary N) is 1. The Hall–Kier alpha value is -1.59. The van der Waals surface area contributed by atoms with Crippen molar-refractivity contribution in [3.63, 3.8) is 0 Å². The van der Waals surface area contributed by atoms with Crippen LogP contribution in [0.2, 0.25) is 0 Å². The van der Waals surface area contributed by atoms with E-state index in [1.807, 2.05) is 41.0 Å². The first-order valence-corrected chi connectivity index (χ1v) is 7.13. The topological polar surface area (TPSA) is 58.8 Å². The van der Waals surface area contributed by atoms with Crippen LogP contribution in [0.15, 0.2) is 24.3 Å². The zero-order chi connectivity index (χ0) is 14.4. The maximum atomic E-state index is 12.7. The van der Waals surface area contributed by atoms with Crippen LogP contribution in [-0.2, 0) is 4.74 Å². The summed E-state index contributed by atoms with van der Waals surface area (Å²) in [5.74, 6) is 0. The predicted octanol–water partition coefficient (Wildman–Crippen LogP) is 1.60. The van der Waals surface area contributed by atoms with Crippen molar-refractivity contribution < 1.29 is 9.53 Å². The van der Waals surface area contributed by atoms with Gasteiger partial charge in [-0.2, -0.15) is 0 Å².